The summed E-state index contributed by atoms with van der Waals surface area (Å²) in [5.41, 5.74) is 1.92. The van der Waals surface area contributed by atoms with Crippen LogP contribution in [0.1, 0.15) is 32.0 Å². The highest BCUT2D eigenvalue weighted by molar-refractivity contribution is 6.31. The van der Waals surface area contributed by atoms with Crippen LogP contribution in [0, 0.1) is 0 Å². The van der Waals surface area contributed by atoms with Gasteiger partial charge in [-0.05, 0) is 0 Å². The van der Waals surface area contributed by atoms with E-state index in [1.165, 1.54) is 0 Å². The predicted molar refractivity (Wildman–Crippen MR) is 56.5 cm³/mol. The number of aryl methyl sites for hydroxylation is 1. The Morgan fingerprint density at radius 3 is 2.23 bits per heavy atom. The van der Waals surface area contributed by atoms with Crippen LogP contribution < -0.4 is 0 Å². The fourth-order valence-electron chi connectivity index (χ4n) is 1.27. The van der Waals surface area contributed by atoms with Gasteiger partial charge in [-0.3, -0.25) is 4.68 Å². The molecule has 0 aliphatic heterocycles. The maximum Gasteiger partial charge on any atom is 0.131 e. The van der Waals surface area contributed by atoms with E-state index in [0.717, 1.165) is 11.3 Å². The monoisotopic (exact) mass is 220 g/mol. The van der Waals surface area contributed by atoms with Gasteiger partial charge < -0.3 is 0 Å². The number of hydrogen-bond donors (Lipinski definition) is 0. The Labute approximate surface area is 88.8 Å². The van der Waals surface area contributed by atoms with Gasteiger partial charge in [0.25, 0.3) is 0 Å². The lowest BCUT2D eigenvalue weighted by molar-refractivity contribution is 0.550. The van der Waals surface area contributed by atoms with E-state index >= 15 is 0 Å². The predicted octanol–water partition coefficient (Wildman–Crippen LogP) is 3.11. The normalized spacial score (nSPS) is 12.2. The van der Waals surface area contributed by atoms with Crippen molar-refractivity contribution in [3.8, 4) is 0 Å². The minimum atomic E-state index is -0.00484. The molecule has 0 unspecified atom stereocenters. The van der Waals surface area contributed by atoms with Crippen molar-refractivity contribution in [2.24, 2.45) is 7.05 Å². The van der Waals surface area contributed by atoms with Gasteiger partial charge in [0.2, 0.25) is 0 Å². The van der Waals surface area contributed by atoms with Gasteiger partial charge in [-0.15, -0.1) is 11.6 Å². The van der Waals surface area contributed by atoms with Crippen LogP contribution in [0.15, 0.2) is 0 Å². The number of aromatic nitrogens is 2. The van der Waals surface area contributed by atoms with Crippen LogP contribution in [0.3, 0.4) is 0 Å². The molecule has 0 N–H and O–H groups in total. The maximum atomic E-state index is 6.04. The zero-order valence-corrected chi connectivity index (χ0v) is 9.87. The number of alkyl halides is 1. The Morgan fingerprint density at radius 2 is 1.92 bits per heavy atom. The molecule has 0 radical (unpaired) electrons. The summed E-state index contributed by atoms with van der Waals surface area (Å²) in [4.78, 5) is 0. The van der Waals surface area contributed by atoms with Crippen LogP contribution in [0.25, 0.3) is 0 Å². The van der Waals surface area contributed by atoms with E-state index < -0.39 is 0 Å². The molecule has 2 nitrogen and oxygen atoms in total. The van der Waals surface area contributed by atoms with E-state index in [9.17, 15) is 0 Å². The third-order valence-electron chi connectivity index (χ3n) is 1.91. The molecule has 0 aliphatic carbocycles. The fraction of sp³-hybridized carbons (Fsp3) is 0.667. The Hall–Kier alpha value is -0.210. The van der Waals surface area contributed by atoms with Gasteiger partial charge in [0.15, 0.2) is 0 Å². The fourth-order valence-corrected chi connectivity index (χ4v) is 1.78. The number of rotatable bonds is 1. The van der Waals surface area contributed by atoms with Crippen molar-refractivity contribution in [3.63, 3.8) is 0 Å². The van der Waals surface area contributed by atoms with Crippen LogP contribution in [0.2, 0.25) is 5.15 Å². The summed E-state index contributed by atoms with van der Waals surface area (Å²) >= 11 is 11.9. The van der Waals surface area contributed by atoms with Gasteiger partial charge in [-0.2, -0.15) is 5.10 Å². The third-order valence-corrected chi connectivity index (χ3v) is 2.65. The van der Waals surface area contributed by atoms with Crippen LogP contribution >= 0.6 is 23.2 Å². The zero-order valence-electron chi connectivity index (χ0n) is 8.36. The SMILES string of the molecule is Cn1nc(C(C)(C)C)c(CCl)c1Cl. The van der Waals surface area contributed by atoms with Gasteiger partial charge in [0.05, 0.1) is 11.6 Å². The highest BCUT2D eigenvalue weighted by atomic mass is 35.5. The second-order valence-corrected chi connectivity index (χ2v) is 4.75. The molecular formula is C9H14Cl2N2. The van der Waals surface area contributed by atoms with Crippen molar-refractivity contribution in [2.45, 2.75) is 32.1 Å². The van der Waals surface area contributed by atoms with Gasteiger partial charge in [-0.25, -0.2) is 0 Å². The summed E-state index contributed by atoms with van der Waals surface area (Å²) in [5.74, 6) is 0.416. The highest BCUT2D eigenvalue weighted by Gasteiger charge is 2.24. The lowest BCUT2D eigenvalue weighted by Crippen LogP contribution is -2.14. The Morgan fingerprint density at radius 1 is 1.38 bits per heavy atom. The summed E-state index contributed by atoms with van der Waals surface area (Å²) < 4.78 is 1.67. The summed E-state index contributed by atoms with van der Waals surface area (Å²) in [7, 11) is 1.83. The third kappa shape index (κ3) is 2.00. The number of hydrogen-bond acceptors (Lipinski definition) is 1. The minimum absolute atomic E-state index is 0.00484. The second-order valence-electron chi connectivity index (χ2n) is 4.13. The van der Waals surface area contributed by atoms with Crippen molar-refractivity contribution in [2.75, 3.05) is 0 Å². The Kier molecular flexibility index (Phi) is 2.93. The van der Waals surface area contributed by atoms with Crippen molar-refractivity contribution >= 4 is 23.2 Å². The lowest BCUT2D eigenvalue weighted by Gasteiger charge is -2.16. The van der Waals surface area contributed by atoms with E-state index in [1.54, 1.807) is 4.68 Å². The first kappa shape index (κ1) is 10.9. The summed E-state index contributed by atoms with van der Waals surface area (Å²) in [6.07, 6.45) is 0. The van der Waals surface area contributed by atoms with Gasteiger partial charge >= 0.3 is 0 Å². The van der Waals surface area contributed by atoms with E-state index in [-0.39, 0.29) is 5.41 Å². The molecule has 0 saturated heterocycles. The largest absolute Gasteiger partial charge is 0.256 e. The van der Waals surface area contributed by atoms with E-state index in [0.29, 0.717) is 11.0 Å². The molecule has 0 atom stereocenters. The molecule has 4 heteroatoms. The van der Waals surface area contributed by atoms with Gasteiger partial charge in [0.1, 0.15) is 5.15 Å². The quantitative estimate of drug-likeness (QED) is 0.666. The molecule has 0 fully saturated rings. The van der Waals surface area contributed by atoms with Crippen LogP contribution in [0.5, 0.6) is 0 Å². The smallest absolute Gasteiger partial charge is 0.131 e. The molecule has 0 bridgehead atoms. The lowest BCUT2D eigenvalue weighted by atomic mass is 9.90. The molecule has 0 aliphatic rings. The van der Waals surface area contributed by atoms with E-state index in [4.69, 9.17) is 23.2 Å². The topological polar surface area (TPSA) is 17.8 Å². The van der Waals surface area contributed by atoms with Crippen LogP contribution in [-0.2, 0) is 18.3 Å². The van der Waals surface area contributed by atoms with Crippen LogP contribution in [-0.4, -0.2) is 9.78 Å². The number of halogens is 2. The van der Waals surface area contributed by atoms with E-state index in [2.05, 4.69) is 25.9 Å². The molecule has 13 heavy (non-hydrogen) atoms. The molecule has 1 aromatic rings. The van der Waals surface area contributed by atoms with Crippen molar-refractivity contribution in [3.05, 3.63) is 16.4 Å². The highest BCUT2D eigenvalue weighted by Crippen LogP contribution is 2.30. The van der Waals surface area contributed by atoms with Gasteiger partial charge in [-0.1, -0.05) is 32.4 Å². The standard InChI is InChI=1S/C9H14Cl2N2/c1-9(2,3)7-6(5-10)8(11)13(4)12-7/h5H2,1-4H3. The molecule has 1 rings (SSSR count). The first-order valence-corrected chi connectivity index (χ1v) is 5.07. The van der Waals surface area contributed by atoms with Crippen LogP contribution in [0.4, 0.5) is 0 Å². The minimum Gasteiger partial charge on any atom is -0.256 e. The maximum absolute atomic E-state index is 6.04. The van der Waals surface area contributed by atoms with Crippen molar-refractivity contribution in [1.82, 2.24) is 9.78 Å². The summed E-state index contributed by atoms with van der Waals surface area (Å²) in [6, 6.07) is 0. The first-order chi connectivity index (χ1) is 5.88. The molecule has 0 spiro atoms. The first-order valence-electron chi connectivity index (χ1n) is 4.15. The zero-order chi connectivity index (χ0) is 10.2. The molecule has 74 valence electrons. The Bertz CT molecular complexity index is 310. The average molecular weight is 221 g/mol. The summed E-state index contributed by atoms with van der Waals surface area (Å²) in [6.45, 7) is 6.30. The average Bonchev–Trinajstić information content (AvgIpc) is 2.28. The molecule has 0 saturated carbocycles. The molecule has 0 amide bonds. The van der Waals surface area contributed by atoms with Crippen molar-refractivity contribution < 1.29 is 0 Å². The van der Waals surface area contributed by atoms with E-state index in [1.807, 2.05) is 7.05 Å². The molecule has 1 heterocycles. The molecule has 1 aromatic heterocycles. The second kappa shape index (κ2) is 3.50. The van der Waals surface area contributed by atoms with Crippen molar-refractivity contribution in [1.29, 1.82) is 0 Å². The summed E-state index contributed by atoms with van der Waals surface area (Å²) in [5, 5.41) is 4.99. The molecular weight excluding hydrogens is 207 g/mol. The number of nitrogens with zero attached hydrogens (tertiary/aromatic N) is 2. The van der Waals surface area contributed by atoms with Gasteiger partial charge in [0, 0.05) is 18.0 Å². The molecule has 0 aromatic carbocycles. The Balaban J connectivity index is 3.30.